The Bertz CT molecular complexity index is 501. The molecule has 0 aromatic heterocycles. The molecule has 1 rings (SSSR count). The van der Waals surface area contributed by atoms with Crippen LogP contribution in [0.25, 0.3) is 0 Å². The van der Waals surface area contributed by atoms with Crippen LogP contribution >= 0.6 is 0 Å². The maximum absolute atomic E-state index is 12.3. The fraction of sp³-hybridized carbons (Fsp3) is 0.500. The van der Waals surface area contributed by atoms with Crippen molar-refractivity contribution < 1.29 is 24.2 Å². The summed E-state index contributed by atoms with van der Waals surface area (Å²) in [7, 11) is 1.51. The number of nitrogens with zero attached hydrogens (tertiary/aromatic N) is 1. The third-order valence-corrected chi connectivity index (χ3v) is 2.87. The molecule has 6 nitrogen and oxygen atoms in total. The van der Waals surface area contributed by atoms with E-state index in [0.717, 1.165) is 5.56 Å². The Morgan fingerprint density at radius 3 is 2.64 bits per heavy atom. The molecule has 0 aliphatic carbocycles. The highest BCUT2D eigenvalue weighted by molar-refractivity contribution is 5.83. The van der Waals surface area contributed by atoms with Crippen LogP contribution in [0.5, 0.6) is 5.75 Å². The van der Waals surface area contributed by atoms with Gasteiger partial charge in [0.15, 0.2) is 0 Å². The maximum Gasteiger partial charge on any atom is 0.323 e. The van der Waals surface area contributed by atoms with Crippen molar-refractivity contribution >= 4 is 11.9 Å². The van der Waals surface area contributed by atoms with Gasteiger partial charge in [0.25, 0.3) is 0 Å². The number of ether oxygens (including phenoxy) is 2. The molecule has 122 valence electrons. The molecule has 22 heavy (non-hydrogen) atoms. The van der Waals surface area contributed by atoms with Crippen molar-refractivity contribution in [1.29, 1.82) is 0 Å². The van der Waals surface area contributed by atoms with E-state index in [0.29, 0.717) is 12.4 Å². The van der Waals surface area contributed by atoms with Crippen LogP contribution in [0.15, 0.2) is 24.3 Å². The molecule has 0 aliphatic heterocycles. The van der Waals surface area contributed by atoms with Crippen molar-refractivity contribution in [3.05, 3.63) is 29.8 Å². The Labute approximate surface area is 130 Å². The van der Waals surface area contributed by atoms with Crippen LogP contribution in [0, 0.1) is 0 Å². The van der Waals surface area contributed by atoms with E-state index in [2.05, 4.69) is 0 Å². The average molecular weight is 309 g/mol. The topological polar surface area (TPSA) is 76.1 Å². The molecule has 1 amide bonds. The van der Waals surface area contributed by atoms with E-state index in [4.69, 9.17) is 14.6 Å². The molecule has 0 aliphatic rings. The minimum absolute atomic E-state index is 0.0520. The number of hydrogen-bond donors (Lipinski definition) is 1. The van der Waals surface area contributed by atoms with Crippen molar-refractivity contribution in [3.63, 3.8) is 0 Å². The molecule has 0 unspecified atom stereocenters. The number of carbonyl (C=O) groups is 2. The van der Waals surface area contributed by atoms with E-state index in [1.54, 1.807) is 6.07 Å². The van der Waals surface area contributed by atoms with Gasteiger partial charge in [-0.3, -0.25) is 9.59 Å². The number of carboxylic acid groups (broad SMARTS) is 1. The normalized spacial score (nSPS) is 10.5. The van der Waals surface area contributed by atoms with Gasteiger partial charge in [0.1, 0.15) is 12.3 Å². The van der Waals surface area contributed by atoms with E-state index < -0.39 is 5.97 Å². The summed E-state index contributed by atoms with van der Waals surface area (Å²) in [4.78, 5) is 24.4. The van der Waals surface area contributed by atoms with Gasteiger partial charge in [-0.25, -0.2) is 0 Å². The van der Waals surface area contributed by atoms with Crippen molar-refractivity contribution in [1.82, 2.24) is 4.90 Å². The van der Waals surface area contributed by atoms with Gasteiger partial charge in [-0.1, -0.05) is 12.1 Å². The largest absolute Gasteiger partial charge is 0.491 e. The molecule has 0 radical (unpaired) electrons. The fourth-order valence-electron chi connectivity index (χ4n) is 1.94. The Hall–Kier alpha value is -2.08. The lowest BCUT2D eigenvalue weighted by Crippen LogP contribution is -2.38. The number of hydrogen-bond acceptors (Lipinski definition) is 4. The minimum Gasteiger partial charge on any atom is -0.491 e. The first-order valence-corrected chi connectivity index (χ1v) is 7.16. The van der Waals surface area contributed by atoms with Crippen molar-refractivity contribution in [2.45, 2.75) is 26.4 Å². The second-order valence-electron chi connectivity index (χ2n) is 5.19. The molecule has 0 saturated carbocycles. The number of carbonyl (C=O) groups excluding carboxylic acids is 1. The Balaban J connectivity index is 2.73. The van der Waals surface area contributed by atoms with Crippen molar-refractivity contribution in [3.8, 4) is 5.75 Å². The third kappa shape index (κ3) is 6.58. The molecule has 1 aromatic rings. The molecule has 6 heteroatoms. The molecule has 1 aromatic carbocycles. The highest BCUT2D eigenvalue weighted by atomic mass is 16.5. The molecular weight excluding hydrogens is 286 g/mol. The van der Waals surface area contributed by atoms with E-state index in [1.165, 1.54) is 12.0 Å². The number of rotatable bonds is 9. The molecule has 0 bridgehead atoms. The predicted octanol–water partition coefficient (Wildman–Crippen LogP) is 1.58. The van der Waals surface area contributed by atoms with Crippen molar-refractivity contribution in [2.24, 2.45) is 0 Å². The van der Waals surface area contributed by atoms with Crippen LogP contribution < -0.4 is 4.74 Å². The van der Waals surface area contributed by atoms with Crippen LogP contribution in [0.1, 0.15) is 19.4 Å². The van der Waals surface area contributed by atoms with Gasteiger partial charge in [0, 0.05) is 13.7 Å². The van der Waals surface area contributed by atoms with Crippen molar-refractivity contribution in [2.75, 3.05) is 26.8 Å². The smallest absolute Gasteiger partial charge is 0.323 e. The Morgan fingerprint density at radius 2 is 2.05 bits per heavy atom. The second kappa shape index (κ2) is 9.04. The lowest BCUT2D eigenvalue weighted by atomic mass is 10.1. The van der Waals surface area contributed by atoms with Gasteiger partial charge < -0.3 is 19.5 Å². The van der Waals surface area contributed by atoms with Gasteiger partial charge in [0.2, 0.25) is 5.91 Å². The van der Waals surface area contributed by atoms with Gasteiger partial charge in [-0.15, -0.1) is 0 Å². The van der Waals surface area contributed by atoms with E-state index in [9.17, 15) is 9.59 Å². The zero-order chi connectivity index (χ0) is 16.5. The van der Waals surface area contributed by atoms with Crippen LogP contribution in [-0.2, 0) is 20.7 Å². The zero-order valence-electron chi connectivity index (χ0n) is 13.2. The quantitative estimate of drug-likeness (QED) is 0.749. The van der Waals surface area contributed by atoms with E-state index >= 15 is 0 Å². The average Bonchev–Trinajstić information content (AvgIpc) is 2.42. The van der Waals surface area contributed by atoms with Gasteiger partial charge in [-0.2, -0.15) is 0 Å². The summed E-state index contributed by atoms with van der Waals surface area (Å²) in [6.07, 6.45) is 0.183. The summed E-state index contributed by atoms with van der Waals surface area (Å²) in [6, 6.07) is 7.26. The SMILES string of the molecule is COCCN(CC(=O)O)C(=O)Cc1cccc(OC(C)C)c1. The summed E-state index contributed by atoms with van der Waals surface area (Å²) in [5.41, 5.74) is 0.788. The number of benzene rings is 1. The highest BCUT2D eigenvalue weighted by Gasteiger charge is 2.17. The minimum atomic E-state index is -1.04. The summed E-state index contributed by atoms with van der Waals surface area (Å²) in [6.45, 7) is 4.08. The monoisotopic (exact) mass is 309 g/mol. The first-order valence-electron chi connectivity index (χ1n) is 7.16. The van der Waals surface area contributed by atoms with E-state index in [1.807, 2.05) is 32.0 Å². The van der Waals surface area contributed by atoms with Crippen LogP contribution in [0.2, 0.25) is 0 Å². The molecule has 0 heterocycles. The van der Waals surface area contributed by atoms with E-state index in [-0.39, 0.29) is 31.5 Å². The molecule has 1 N–H and O–H groups in total. The lowest BCUT2D eigenvalue weighted by Gasteiger charge is -2.20. The Kier molecular flexibility index (Phi) is 7.39. The number of aliphatic carboxylic acids is 1. The lowest BCUT2D eigenvalue weighted by molar-refractivity contribution is -0.144. The maximum atomic E-state index is 12.3. The van der Waals surface area contributed by atoms with Gasteiger partial charge >= 0.3 is 5.97 Å². The summed E-state index contributed by atoms with van der Waals surface area (Å²) >= 11 is 0. The van der Waals surface area contributed by atoms with Crippen LogP contribution in [0.3, 0.4) is 0 Å². The first kappa shape index (κ1) is 18.0. The van der Waals surface area contributed by atoms with Gasteiger partial charge in [-0.05, 0) is 31.5 Å². The summed E-state index contributed by atoms with van der Waals surface area (Å²) < 4.78 is 10.5. The number of carboxylic acids is 1. The molecule has 0 saturated heterocycles. The Morgan fingerprint density at radius 1 is 1.32 bits per heavy atom. The highest BCUT2D eigenvalue weighted by Crippen LogP contribution is 2.16. The molecule has 0 atom stereocenters. The zero-order valence-corrected chi connectivity index (χ0v) is 13.2. The molecule has 0 spiro atoms. The van der Waals surface area contributed by atoms with Gasteiger partial charge in [0.05, 0.1) is 19.1 Å². The first-order chi connectivity index (χ1) is 10.4. The standard InChI is InChI=1S/C16H23NO5/c1-12(2)22-14-6-4-5-13(9-14)10-15(18)17(7-8-21-3)11-16(19)20/h4-6,9,12H,7-8,10-11H2,1-3H3,(H,19,20). The van der Waals surface area contributed by atoms with Crippen LogP contribution in [-0.4, -0.2) is 54.8 Å². The predicted molar refractivity (Wildman–Crippen MR) is 82.0 cm³/mol. The fourth-order valence-corrected chi connectivity index (χ4v) is 1.94. The molecular formula is C16H23NO5. The number of amides is 1. The number of methoxy groups -OCH3 is 1. The van der Waals surface area contributed by atoms with Crippen LogP contribution in [0.4, 0.5) is 0 Å². The second-order valence-corrected chi connectivity index (χ2v) is 5.19. The summed E-state index contributed by atoms with van der Waals surface area (Å²) in [5.74, 6) is -0.593. The molecule has 0 fully saturated rings. The summed E-state index contributed by atoms with van der Waals surface area (Å²) in [5, 5.41) is 8.89. The third-order valence-electron chi connectivity index (χ3n) is 2.87.